The van der Waals surface area contributed by atoms with Crippen LogP contribution >= 0.6 is 0 Å². The first-order valence-electron chi connectivity index (χ1n) is 23.8. The molecule has 2 saturated heterocycles. The predicted molar refractivity (Wildman–Crippen MR) is 254 cm³/mol. The van der Waals surface area contributed by atoms with Crippen molar-refractivity contribution in [3.8, 4) is 0 Å². The molecular weight excluding hydrogens is 951 g/mol. The third-order valence-electron chi connectivity index (χ3n) is 11.9. The van der Waals surface area contributed by atoms with Crippen molar-refractivity contribution in [2.75, 3.05) is 19.6 Å². The SMILES string of the molecule is CC(C)C[C@H](NC(=O)[C@@H](N)CCCN=C(N)N)C(=O)N1CCC[C@H]1C(=O)N[C@@H](CCC(=O)O)C(=O)N1CCC[C@H]1C(=O)N[C@@H](CCC(N)=O)C(=O)N[C@@H](CC(=O)O)C(=O)N[C@H](C(=O)N[C@@H](C)C(=O)O)C(C)C. The van der Waals surface area contributed by atoms with Crippen LogP contribution in [-0.4, -0.2) is 176 Å². The number of carbonyl (C=O) groups excluding carboxylic acids is 9. The molecule has 0 bridgehead atoms. The highest BCUT2D eigenvalue weighted by molar-refractivity contribution is 5.99. The monoisotopic (exact) mass is 1020 g/mol. The van der Waals surface area contributed by atoms with E-state index in [4.69, 9.17) is 22.9 Å². The van der Waals surface area contributed by atoms with Crippen molar-refractivity contribution in [2.24, 2.45) is 39.8 Å². The Bertz CT molecular complexity index is 2030. The molecule has 2 rings (SSSR count). The zero-order valence-corrected chi connectivity index (χ0v) is 41.3. The molecule has 404 valence electrons. The molecule has 2 aliphatic heterocycles. The van der Waals surface area contributed by atoms with Gasteiger partial charge in [0.1, 0.15) is 48.3 Å². The molecule has 28 heteroatoms. The van der Waals surface area contributed by atoms with Gasteiger partial charge in [0, 0.05) is 32.5 Å². The van der Waals surface area contributed by atoms with Crippen LogP contribution in [0.5, 0.6) is 0 Å². The summed E-state index contributed by atoms with van der Waals surface area (Å²) in [6.07, 6.45) is -1.50. The summed E-state index contributed by atoms with van der Waals surface area (Å²) in [5, 5.41) is 42.9. The fourth-order valence-corrected chi connectivity index (χ4v) is 8.05. The van der Waals surface area contributed by atoms with Gasteiger partial charge in [-0.25, -0.2) is 0 Å². The number of nitrogens with two attached hydrogens (primary N) is 4. The number of aliphatic carboxylic acids is 3. The zero-order chi connectivity index (χ0) is 54.6. The molecule has 28 nitrogen and oxygen atoms in total. The Morgan fingerprint density at radius 3 is 1.60 bits per heavy atom. The van der Waals surface area contributed by atoms with Crippen molar-refractivity contribution in [2.45, 2.75) is 166 Å². The number of hydrogen-bond acceptors (Lipinski definition) is 14. The second-order valence-electron chi connectivity index (χ2n) is 18.6. The number of aliphatic imine (C=N–C) groups is 1. The van der Waals surface area contributed by atoms with E-state index in [2.05, 4.69) is 36.9 Å². The predicted octanol–water partition coefficient (Wildman–Crippen LogP) is -4.33. The number of guanidine groups is 1. The Hall–Kier alpha value is -7.13. The lowest BCUT2D eigenvalue weighted by Crippen LogP contribution is -2.60. The molecule has 0 aliphatic carbocycles. The molecule has 0 aromatic carbocycles. The van der Waals surface area contributed by atoms with Crippen molar-refractivity contribution < 1.29 is 72.9 Å². The van der Waals surface area contributed by atoms with Crippen LogP contribution < -0.4 is 54.8 Å². The number of carboxylic acids is 3. The molecule has 0 spiro atoms. The van der Waals surface area contributed by atoms with Gasteiger partial charge in [0.05, 0.1) is 12.5 Å². The number of carbonyl (C=O) groups is 12. The van der Waals surface area contributed by atoms with E-state index in [9.17, 15) is 72.9 Å². The van der Waals surface area contributed by atoms with Crippen LogP contribution in [0.2, 0.25) is 0 Å². The van der Waals surface area contributed by atoms with E-state index in [1.54, 1.807) is 0 Å². The summed E-state index contributed by atoms with van der Waals surface area (Å²) in [6, 6.07) is -12.4. The summed E-state index contributed by atoms with van der Waals surface area (Å²) in [6.45, 7) is 8.14. The second-order valence-corrected chi connectivity index (χ2v) is 18.6. The summed E-state index contributed by atoms with van der Waals surface area (Å²) in [5.74, 6) is -13.1. The summed E-state index contributed by atoms with van der Waals surface area (Å²) in [7, 11) is 0. The number of rotatable bonds is 30. The van der Waals surface area contributed by atoms with E-state index in [-0.39, 0.29) is 63.6 Å². The van der Waals surface area contributed by atoms with Gasteiger partial charge in [0.25, 0.3) is 0 Å². The lowest BCUT2D eigenvalue weighted by molar-refractivity contribution is -0.145. The van der Waals surface area contributed by atoms with Gasteiger partial charge in [0.2, 0.25) is 53.2 Å². The van der Waals surface area contributed by atoms with Crippen LogP contribution in [0.25, 0.3) is 0 Å². The lowest BCUT2D eigenvalue weighted by atomic mass is 10.0. The van der Waals surface area contributed by atoms with Gasteiger partial charge in [-0.1, -0.05) is 27.7 Å². The van der Waals surface area contributed by atoms with Crippen molar-refractivity contribution >= 4 is 77.0 Å². The van der Waals surface area contributed by atoms with Gasteiger partial charge in [-0.3, -0.25) is 62.5 Å². The van der Waals surface area contributed by atoms with Gasteiger partial charge in [0.15, 0.2) is 5.96 Å². The highest BCUT2D eigenvalue weighted by atomic mass is 16.4. The van der Waals surface area contributed by atoms with Crippen molar-refractivity contribution in [1.82, 2.24) is 41.7 Å². The number of hydrogen-bond donors (Lipinski definition) is 13. The van der Waals surface area contributed by atoms with Gasteiger partial charge < -0.3 is 80.0 Å². The fraction of sp³-hybridized carbons (Fsp3) is 0.705. The Balaban J connectivity index is 2.34. The van der Waals surface area contributed by atoms with E-state index in [0.717, 1.165) is 4.90 Å². The molecular formula is C44H73N13O15. The van der Waals surface area contributed by atoms with Crippen molar-refractivity contribution in [3.63, 3.8) is 0 Å². The molecule has 17 N–H and O–H groups in total. The number of carboxylic acid groups (broad SMARTS) is 3. The molecule has 9 atom stereocenters. The topological polar surface area (TPSA) is 461 Å². The van der Waals surface area contributed by atoms with Crippen LogP contribution in [0.4, 0.5) is 0 Å². The largest absolute Gasteiger partial charge is 0.481 e. The standard InChI is InChI=1S/C44H73N13O15/c1-21(2)19-28(54-35(63)24(45)9-6-16-49-44(47)48)42(70)57-18-8-11-30(57)39(67)52-26(13-15-32(59)60)41(69)56-17-7-10-29(56)38(66)51-25(12-14-31(46)58)36(64)53-27(20-33(61)62)37(65)55-34(22(3)4)40(68)50-23(5)43(71)72/h21-30,34H,6-20,45H2,1-5H3,(H2,46,58)(H,50,68)(H,51,66)(H,52,67)(H,53,64)(H,54,63)(H,55,65)(H,59,60)(H,61,62)(H,71,72)(H4,47,48,49)/t23-,24-,25-,26-,27-,28-,29-,30-,34-/m0/s1. The molecule has 0 radical (unpaired) electrons. The highest BCUT2D eigenvalue weighted by Gasteiger charge is 2.43. The summed E-state index contributed by atoms with van der Waals surface area (Å²) < 4.78 is 0. The quantitative estimate of drug-likeness (QED) is 0.0184. The molecule has 2 fully saturated rings. The van der Waals surface area contributed by atoms with Crippen LogP contribution in [0, 0.1) is 11.8 Å². The van der Waals surface area contributed by atoms with Crippen LogP contribution in [0.15, 0.2) is 4.99 Å². The average Bonchev–Trinajstić information content (AvgIpc) is 3.99. The van der Waals surface area contributed by atoms with Gasteiger partial charge >= 0.3 is 17.9 Å². The molecule has 0 aromatic heterocycles. The fourth-order valence-electron chi connectivity index (χ4n) is 8.05. The summed E-state index contributed by atoms with van der Waals surface area (Å²) >= 11 is 0. The van der Waals surface area contributed by atoms with Gasteiger partial charge in [-0.15, -0.1) is 0 Å². The van der Waals surface area contributed by atoms with E-state index < -0.39 is 163 Å². The van der Waals surface area contributed by atoms with Gasteiger partial charge in [-0.2, -0.15) is 0 Å². The second kappa shape index (κ2) is 29.3. The van der Waals surface area contributed by atoms with E-state index in [1.165, 1.54) is 25.7 Å². The number of nitrogens with one attached hydrogen (secondary N) is 6. The van der Waals surface area contributed by atoms with E-state index in [1.807, 2.05) is 13.8 Å². The molecule has 0 aromatic rings. The zero-order valence-electron chi connectivity index (χ0n) is 41.3. The Labute approximate surface area is 416 Å². The van der Waals surface area contributed by atoms with Crippen molar-refractivity contribution in [3.05, 3.63) is 0 Å². The number of primary amides is 1. The Kier molecular flexibility index (Phi) is 24.8. The Morgan fingerprint density at radius 1 is 0.597 bits per heavy atom. The number of amides is 9. The minimum absolute atomic E-state index is 0.0122. The lowest BCUT2D eigenvalue weighted by Gasteiger charge is -2.32. The van der Waals surface area contributed by atoms with Gasteiger partial charge in [-0.05, 0) is 76.5 Å². The normalized spacial score (nSPS) is 18.3. The van der Waals surface area contributed by atoms with Crippen LogP contribution in [0.3, 0.4) is 0 Å². The van der Waals surface area contributed by atoms with Crippen LogP contribution in [-0.2, 0) is 57.5 Å². The molecule has 72 heavy (non-hydrogen) atoms. The third-order valence-corrected chi connectivity index (χ3v) is 11.9. The van der Waals surface area contributed by atoms with Crippen molar-refractivity contribution in [1.29, 1.82) is 0 Å². The first kappa shape index (κ1) is 61.0. The minimum Gasteiger partial charge on any atom is -0.481 e. The third kappa shape index (κ3) is 19.9. The molecule has 9 amide bonds. The Morgan fingerprint density at radius 2 is 1.11 bits per heavy atom. The van der Waals surface area contributed by atoms with E-state index >= 15 is 0 Å². The molecule has 0 unspecified atom stereocenters. The summed E-state index contributed by atoms with van der Waals surface area (Å²) in [4.78, 5) is 163. The molecule has 2 aliphatic rings. The van der Waals surface area contributed by atoms with Crippen LogP contribution in [0.1, 0.15) is 112 Å². The summed E-state index contributed by atoms with van der Waals surface area (Å²) in [5.41, 5.74) is 22.1. The maximum Gasteiger partial charge on any atom is 0.325 e. The first-order valence-corrected chi connectivity index (χ1v) is 23.8. The maximum atomic E-state index is 14.3. The van der Waals surface area contributed by atoms with E-state index in [0.29, 0.717) is 12.8 Å². The number of likely N-dealkylation sites (tertiary alicyclic amines) is 2. The smallest absolute Gasteiger partial charge is 0.325 e. The molecule has 2 heterocycles. The molecule has 0 saturated carbocycles. The maximum absolute atomic E-state index is 14.3. The highest BCUT2D eigenvalue weighted by Crippen LogP contribution is 2.24. The first-order chi connectivity index (χ1) is 33.6. The average molecular weight is 1020 g/mol. The minimum atomic E-state index is -1.88. The number of nitrogens with zero attached hydrogens (tertiary/aromatic N) is 3.